The molecule has 5 nitrogen and oxygen atoms in total. The molecule has 15 aromatic rings. The first-order valence-electron chi connectivity index (χ1n) is 26.5. The van der Waals surface area contributed by atoms with Gasteiger partial charge < -0.3 is 23.8 Å². The Morgan fingerprint density at radius 3 is 0.987 bits per heavy atom. The van der Waals surface area contributed by atoms with Gasteiger partial charge in [0.1, 0.15) is 0 Å². The first kappa shape index (κ1) is 45.3. The predicted molar refractivity (Wildman–Crippen MR) is 332 cm³/mol. The van der Waals surface area contributed by atoms with Gasteiger partial charge in [-0.1, -0.05) is 164 Å². The quantitative estimate of drug-likeness (QED) is 0.129. The summed E-state index contributed by atoms with van der Waals surface area (Å²) in [5, 5.41) is 7.16. The average Bonchev–Trinajstić information content (AvgIpc) is 4.37. The minimum Gasteiger partial charge on any atom is -0.310 e. The predicted octanol–water partition coefficient (Wildman–Crippen LogP) is 20.7. The summed E-state index contributed by atoms with van der Waals surface area (Å²) in [6.07, 6.45) is 0. The van der Waals surface area contributed by atoms with E-state index in [1.54, 1.807) is 0 Å². The van der Waals surface area contributed by atoms with Crippen LogP contribution in [0.5, 0.6) is 0 Å². The second-order valence-electron chi connectivity index (χ2n) is 19.7. The van der Waals surface area contributed by atoms with E-state index in [2.05, 4.69) is 321 Å². The van der Waals surface area contributed by atoms with Gasteiger partial charge in [-0.25, -0.2) is 0 Å². The van der Waals surface area contributed by atoms with Crippen LogP contribution in [0, 0.1) is 0 Å². The number of benzene rings is 12. The van der Waals surface area contributed by atoms with Crippen molar-refractivity contribution in [2.45, 2.75) is 0 Å². The third kappa shape index (κ3) is 7.45. The molecule has 3 aromatic heterocycles. The number of hydrogen-bond acceptors (Lipinski definition) is 4. The number of fused-ring (bicyclic) bond motifs is 9. The van der Waals surface area contributed by atoms with E-state index in [9.17, 15) is 0 Å². The van der Waals surface area contributed by atoms with Crippen molar-refractivity contribution in [2.75, 3.05) is 14.7 Å². The smallest absolute Gasteiger partial charge is 0.0562 e. The fourth-order valence-electron chi connectivity index (χ4n) is 12.0. The molecule has 0 fully saturated rings. The molecule has 0 atom stereocenters. The highest BCUT2D eigenvalue weighted by molar-refractivity contribution is 7.26. The molecule has 15 rings (SSSR count). The molecule has 0 aliphatic heterocycles. The van der Waals surface area contributed by atoms with Gasteiger partial charge in [0.15, 0.2) is 0 Å². The molecule has 0 aliphatic carbocycles. The van der Waals surface area contributed by atoms with Crippen LogP contribution in [0.15, 0.2) is 297 Å². The number of hydrogen-bond donors (Lipinski definition) is 0. The highest BCUT2D eigenvalue weighted by Crippen LogP contribution is 2.52. The fraction of sp³-hybridized carbons (Fsp3) is 0. The van der Waals surface area contributed by atoms with Crippen molar-refractivity contribution in [3.8, 4) is 11.4 Å². The summed E-state index contributed by atoms with van der Waals surface area (Å²) >= 11 is 1.85. The monoisotopic (exact) mass is 1020 g/mol. The van der Waals surface area contributed by atoms with E-state index < -0.39 is 0 Å². The van der Waals surface area contributed by atoms with Gasteiger partial charge in [-0.05, 0) is 133 Å². The molecular formula is C72H49N5S. The number of para-hydroxylation sites is 7. The molecule has 368 valence electrons. The second-order valence-corrected chi connectivity index (χ2v) is 20.8. The van der Waals surface area contributed by atoms with Crippen LogP contribution in [-0.2, 0) is 0 Å². The first-order chi connectivity index (χ1) is 38.7. The Balaban J connectivity index is 1.07. The highest BCUT2D eigenvalue weighted by atomic mass is 32.1. The standard InChI is InChI=1S/C72H49N5S/c1-6-25-50(26-7-1)73(63-40-22-42-65-70(63)58-35-16-19-38-61(58)76(65)53-31-12-4-13-32-53)55-47-56(49-57(48-55)75(52-29-10-3-11-30-52)67-44-24-46-69-72(67)60-37-18-21-45-68(60)78-69)74(51-27-8-2-9-28-51)64-41-23-43-66-71(64)59-36-17-20-39-62(59)77(66)54-33-14-5-15-34-54/h1-49H. The summed E-state index contributed by atoms with van der Waals surface area (Å²) in [7, 11) is 0. The zero-order valence-corrected chi connectivity index (χ0v) is 43.3. The molecule has 0 N–H and O–H groups in total. The molecule has 0 saturated carbocycles. The lowest BCUT2D eigenvalue weighted by Crippen LogP contribution is -2.16. The van der Waals surface area contributed by atoms with Crippen molar-refractivity contribution >= 4 is 126 Å². The Hall–Kier alpha value is -10.1. The minimum absolute atomic E-state index is 1.00. The maximum atomic E-state index is 2.48. The normalized spacial score (nSPS) is 11.6. The van der Waals surface area contributed by atoms with Crippen LogP contribution < -0.4 is 14.7 Å². The van der Waals surface area contributed by atoms with Crippen LogP contribution in [-0.4, -0.2) is 9.13 Å². The molecule has 3 heterocycles. The molecule has 0 unspecified atom stereocenters. The molecule has 12 aromatic carbocycles. The molecule has 0 amide bonds. The summed E-state index contributed by atoms with van der Waals surface area (Å²) in [6.45, 7) is 0. The molecule has 6 heteroatoms. The molecule has 78 heavy (non-hydrogen) atoms. The van der Waals surface area contributed by atoms with Crippen molar-refractivity contribution in [1.29, 1.82) is 0 Å². The number of anilines is 9. The summed E-state index contributed by atoms with van der Waals surface area (Å²) < 4.78 is 7.32. The van der Waals surface area contributed by atoms with Crippen molar-refractivity contribution in [1.82, 2.24) is 9.13 Å². The Labute approximate surface area is 456 Å². The first-order valence-corrected chi connectivity index (χ1v) is 27.3. The lowest BCUT2D eigenvalue weighted by molar-refractivity contribution is 1.18. The zero-order chi connectivity index (χ0) is 51.5. The van der Waals surface area contributed by atoms with Crippen molar-refractivity contribution in [3.63, 3.8) is 0 Å². The van der Waals surface area contributed by atoms with Gasteiger partial charge in [0.05, 0.1) is 56.2 Å². The topological polar surface area (TPSA) is 19.6 Å². The maximum Gasteiger partial charge on any atom is 0.0562 e. The highest BCUT2D eigenvalue weighted by Gasteiger charge is 2.28. The molecule has 0 spiro atoms. The van der Waals surface area contributed by atoms with Crippen molar-refractivity contribution < 1.29 is 0 Å². The Morgan fingerprint density at radius 2 is 0.551 bits per heavy atom. The van der Waals surface area contributed by atoms with Crippen molar-refractivity contribution in [2.24, 2.45) is 0 Å². The van der Waals surface area contributed by atoms with Gasteiger partial charge in [-0.15, -0.1) is 11.3 Å². The third-order valence-electron chi connectivity index (χ3n) is 15.2. The van der Waals surface area contributed by atoms with E-state index in [0.29, 0.717) is 0 Å². The molecular weight excluding hydrogens is 967 g/mol. The Morgan fingerprint density at radius 1 is 0.231 bits per heavy atom. The zero-order valence-electron chi connectivity index (χ0n) is 42.4. The average molecular weight is 1020 g/mol. The van der Waals surface area contributed by atoms with Gasteiger partial charge >= 0.3 is 0 Å². The number of aromatic nitrogens is 2. The van der Waals surface area contributed by atoms with Crippen molar-refractivity contribution in [3.05, 3.63) is 297 Å². The van der Waals surface area contributed by atoms with E-state index in [1.807, 2.05) is 11.3 Å². The van der Waals surface area contributed by atoms with Crippen LogP contribution in [0.1, 0.15) is 0 Å². The third-order valence-corrected chi connectivity index (χ3v) is 16.3. The maximum absolute atomic E-state index is 2.48. The SMILES string of the molecule is c1ccc(N(c2cc(N(c3ccccc3)c3cccc4c3c3ccccc3n4-c3ccccc3)cc(N(c3ccccc3)c3cccc4c3c3ccccc3n4-c3ccccc3)c2)c2cccc3sc4ccccc4c23)cc1. The lowest BCUT2D eigenvalue weighted by atomic mass is 10.0. The molecule has 0 saturated heterocycles. The Kier molecular flexibility index (Phi) is 11.0. The molecule has 0 aliphatic rings. The summed E-state index contributed by atoms with van der Waals surface area (Å²) in [5.41, 5.74) is 16.2. The number of rotatable bonds is 11. The number of nitrogens with zero attached hydrogens (tertiary/aromatic N) is 5. The molecule has 0 bridgehead atoms. The van der Waals surface area contributed by atoms with Crippen LogP contribution in [0.25, 0.3) is 75.2 Å². The summed E-state index contributed by atoms with van der Waals surface area (Å²) in [6, 6.07) is 108. The fourth-order valence-corrected chi connectivity index (χ4v) is 13.1. The second kappa shape index (κ2) is 18.9. The van der Waals surface area contributed by atoms with Gasteiger partial charge in [-0.3, -0.25) is 0 Å². The van der Waals surface area contributed by atoms with Gasteiger partial charge in [0.2, 0.25) is 0 Å². The van der Waals surface area contributed by atoms with E-state index in [0.717, 1.165) is 84.6 Å². The summed E-state index contributed by atoms with van der Waals surface area (Å²) in [4.78, 5) is 7.43. The van der Waals surface area contributed by atoms with Gasteiger partial charge in [0, 0.05) is 70.2 Å². The van der Waals surface area contributed by atoms with E-state index >= 15 is 0 Å². The number of thiophene rings is 1. The largest absolute Gasteiger partial charge is 0.310 e. The van der Waals surface area contributed by atoms with E-state index in [1.165, 1.54) is 41.7 Å². The van der Waals surface area contributed by atoms with E-state index in [4.69, 9.17) is 0 Å². The van der Waals surface area contributed by atoms with Crippen LogP contribution in [0.2, 0.25) is 0 Å². The summed E-state index contributed by atoms with van der Waals surface area (Å²) in [5.74, 6) is 0. The van der Waals surface area contributed by atoms with Gasteiger partial charge in [0.25, 0.3) is 0 Å². The Bertz CT molecular complexity index is 4460. The minimum atomic E-state index is 1.00. The van der Waals surface area contributed by atoms with Crippen LogP contribution in [0.3, 0.4) is 0 Å². The van der Waals surface area contributed by atoms with Gasteiger partial charge in [-0.2, -0.15) is 0 Å². The van der Waals surface area contributed by atoms with E-state index in [-0.39, 0.29) is 0 Å². The van der Waals surface area contributed by atoms with Crippen LogP contribution >= 0.6 is 11.3 Å². The molecule has 0 radical (unpaired) electrons. The van der Waals surface area contributed by atoms with Crippen LogP contribution in [0.4, 0.5) is 51.2 Å². The lowest BCUT2D eigenvalue weighted by Gasteiger charge is -2.33.